The topological polar surface area (TPSA) is 95.9 Å². The molecular formula is C60H113NO5. The van der Waals surface area contributed by atoms with Crippen LogP contribution in [0.3, 0.4) is 0 Å². The van der Waals surface area contributed by atoms with Crippen LogP contribution in [0.15, 0.2) is 36.5 Å². The maximum absolute atomic E-state index is 13.2. The van der Waals surface area contributed by atoms with Crippen molar-refractivity contribution in [3.8, 4) is 0 Å². The lowest BCUT2D eigenvalue weighted by molar-refractivity contribution is -0.151. The Morgan fingerprint density at radius 2 is 0.788 bits per heavy atom. The highest BCUT2D eigenvalue weighted by atomic mass is 16.5. The van der Waals surface area contributed by atoms with Crippen molar-refractivity contribution in [1.29, 1.82) is 0 Å². The summed E-state index contributed by atoms with van der Waals surface area (Å²) < 4.78 is 5.94. The molecular weight excluding hydrogens is 815 g/mol. The normalized spacial score (nSPS) is 13.3. The van der Waals surface area contributed by atoms with Gasteiger partial charge in [0, 0.05) is 6.42 Å². The molecule has 3 unspecified atom stereocenters. The highest BCUT2D eigenvalue weighted by Gasteiger charge is 2.24. The van der Waals surface area contributed by atoms with Gasteiger partial charge in [0.2, 0.25) is 5.91 Å². The molecule has 0 fully saturated rings. The zero-order valence-electron chi connectivity index (χ0n) is 44.3. The third-order valence-corrected chi connectivity index (χ3v) is 13.4. The van der Waals surface area contributed by atoms with Gasteiger partial charge in [-0.2, -0.15) is 0 Å². The molecule has 6 heteroatoms. The second kappa shape index (κ2) is 54.0. The smallest absolute Gasteiger partial charge is 0.306 e. The first-order valence-corrected chi connectivity index (χ1v) is 29.2. The molecule has 66 heavy (non-hydrogen) atoms. The largest absolute Gasteiger partial charge is 0.462 e. The summed E-state index contributed by atoms with van der Waals surface area (Å²) in [5.74, 6) is -0.495. The SMILES string of the molecule is CCCCC/C=C\C/C=C\CCCCCCCCCCCC(=O)OC(CCC/C=C\CCCCCCCC)CC(=O)NC(CO)C(O)CCCCCCCCCCCCCCCCCCC. The average molecular weight is 929 g/mol. The van der Waals surface area contributed by atoms with Crippen molar-refractivity contribution in [3.63, 3.8) is 0 Å². The number of hydrogen-bond acceptors (Lipinski definition) is 5. The van der Waals surface area contributed by atoms with Gasteiger partial charge < -0.3 is 20.3 Å². The van der Waals surface area contributed by atoms with Crippen LogP contribution in [-0.4, -0.2) is 46.9 Å². The van der Waals surface area contributed by atoms with Crippen molar-refractivity contribution < 1.29 is 24.5 Å². The number of carbonyl (C=O) groups excluding carboxylic acids is 2. The van der Waals surface area contributed by atoms with Gasteiger partial charge in [0.15, 0.2) is 0 Å². The van der Waals surface area contributed by atoms with E-state index in [1.807, 2.05) is 0 Å². The van der Waals surface area contributed by atoms with E-state index in [4.69, 9.17) is 4.74 Å². The monoisotopic (exact) mass is 928 g/mol. The molecule has 0 aliphatic carbocycles. The number of aliphatic hydroxyl groups excluding tert-OH is 2. The summed E-state index contributed by atoms with van der Waals surface area (Å²) in [4.78, 5) is 26.2. The van der Waals surface area contributed by atoms with Crippen LogP contribution >= 0.6 is 0 Å². The van der Waals surface area contributed by atoms with E-state index in [0.29, 0.717) is 19.3 Å². The third-order valence-electron chi connectivity index (χ3n) is 13.4. The third kappa shape index (κ3) is 48.5. The molecule has 3 N–H and O–H groups in total. The molecule has 6 nitrogen and oxygen atoms in total. The van der Waals surface area contributed by atoms with Gasteiger partial charge in [-0.05, 0) is 77.0 Å². The molecule has 0 aliphatic rings. The van der Waals surface area contributed by atoms with Crippen molar-refractivity contribution in [2.45, 2.75) is 328 Å². The highest BCUT2D eigenvalue weighted by molar-refractivity contribution is 5.77. The van der Waals surface area contributed by atoms with Crippen molar-refractivity contribution >= 4 is 11.9 Å². The molecule has 3 atom stereocenters. The van der Waals surface area contributed by atoms with Gasteiger partial charge in [-0.25, -0.2) is 0 Å². The van der Waals surface area contributed by atoms with E-state index >= 15 is 0 Å². The summed E-state index contributed by atoms with van der Waals surface area (Å²) >= 11 is 0. The van der Waals surface area contributed by atoms with Crippen LogP contribution in [0.2, 0.25) is 0 Å². The lowest BCUT2D eigenvalue weighted by atomic mass is 10.0. The fraction of sp³-hybridized carbons (Fsp3) is 0.867. The minimum atomic E-state index is -0.794. The lowest BCUT2D eigenvalue weighted by Crippen LogP contribution is -2.46. The predicted octanol–water partition coefficient (Wildman–Crippen LogP) is 18.0. The molecule has 0 aromatic carbocycles. The van der Waals surface area contributed by atoms with E-state index in [1.54, 1.807) is 0 Å². The van der Waals surface area contributed by atoms with Crippen LogP contribution in [0.5, 0.6) is 0 Å². The number of amides is 1. The Morgan fingerprint density at radius 1 is 0.439 bits per heavy atom. The van der Waals surface area contributed by atoms with Gasteiger partial charge in [0.05, 0.1) is 25.2 Å². The van der Waals surface area contributed by atoms with Gasteiger partial charge in [0.25, 0.3) is 0 Å². The number of hydrogen-bond donors (Lipinski definition) is 3. The summed E-state index contributed by atoms with van der Waals surface area (Å²) in [6, 6.07) is -0.709. The Kier molecular flexibility index (Phi) is 52.5. The summed E-state index contributed by atoms with van der Waals surface area (Å²) in [6.07, 6.45) is 65.0. The molecule has 0 aromatic heterocycles. The Labute approximate surface area is 411 Å². The minimum absolute atomic E-state index is 0.0579. The number of ether oxygens (including phenoxy) is 1. The van der Waals surface area contributed by atoms with Gasteiger partial charge >= 0.3 is 5.97 Å². The zero-order valence-corrected chi connectivity index (χ0v) is 44.3. The van der Waals surface area contributed by atoms with Crippen LogP contribution < -0.4 is 5.32 Å². The van der Waals surface area contributed by atoms with Gasteiger partial charge in [-0.1, -0.05) is 256 Å². The van der Waals surface area contributed by atoms with Gasteiger partial charge in [0.1, 0.15) is 6.10 Å². The zero-order chi connectivity index (χ0) is 48.1. The number of nitrogens with one attached hydrogen (secondary N) is 1. The standard InChI is InChI=1S/C60H113NO5/c1-4-7-10-13-16-19-22-24-26-28-29-31-33-35-38-41-44-47-50-53-60(65)66-56(51-48-45-42-39-36-21-18-15-12-9-6-3)54-59(64)61-57(55-62)58(63)52-49-46-43-40-37-34-32-30-27-25-23-20-17-14-11-8-5-2/h16,19,24,26,39,42,56-58,62-63H,4-15,17-18,20-23,25,27-38,40-41,43-55H2,1-3H3,(H,61,64)/b19-16-,26-24-,42-39-. The van der Waals surface area contributed by atoms with Crippen molar-refractivity contribution in [3.05, 3.63) is 36.5 Å². The summed E-state index contributed by atoms with van der Waals surface area (Å²) in [5, 5.41) is 23.9. The molecule has 0 saturated heterocycles. The summed E-state index contributed by atoms with van der Waals surface area (Å²) in [5.41, 5.74) is 0. The second-order valence-electron chi connectivity index (χ2n) is 20.0. The maximum atomic E-state index is 13.2. The first-order chi connectivity index (χ1) is 32.5. The van der Waals surface area contributed by atoms with Crippen LogP contribution in [0, 0.1) is 0 Å². The Morgan fingerprint density at radius 3 is 1.23 bits per heavy atom. The number of carbonyl (C=O) groups is 2. The highest BCUT2D eigenvalue weighted by Crippen LogP contribution is 2.18. The molecule has 0 rings (SSSR count). The minimum Gasteiger partial charge on any atom is -0.462 e. The Bertz CT molecular complexity index is 1090. The molecule has 0 saturated carbocycles. The first-order valence-electron chi connectivity index (χ1n) is 29.2. The Hall–Kier alpha value is -1.92. The number of rotatable bonds is 53. The molecule has 388 valence electrons. The molecule has 0 aromatic rings. The van der Waals surface area contributed by atoms with E-state index < -0.39 is 18.2 Å². The van der Waals surface area contributed by atoms with Crippen LogP contribution in [0.4, 0.5) is 0 Å². The van der Waals surface area contributed by atoms with Crippen LogP contribution in [0.25, 0.3) is 0 Å². The van der Waals surface area contributed by atoms with Crippen LogP contribution in [-0.2, 0) is 14.3 Å². The van der Waals surface area contributed by atoms with Crippen LogP contribution in [0.1, 0.15) is 310 Å². The number of aliphatic hydroxyl groups is 2. The molecule has 0 radical (unpaired) electrons. The summed E-state index contributed by atoms with van der Waals surface area (Å²) in [6.45, 7) is 6.47. The van der Waals surface area contributed by atoms with Gasteiger partial charge in [-0.3, -0.25) is 9.59 Å². The molecule has 1 amide bonds. The van der Waals surface area contributed by atoms with E-state index in [9.17, 15) is 19.8 Å². The maximum Gasteiger partial charge on any atom is 0.306 e. The quantitative estimate of drug-likeness (QED) is 0.0321. The van der Waals surface area contributed by atoms with E-state index in [2.05, 4.69) is 62.5 Å². The molecule has 0 bridgehead atoms. The van der Waals surface area contributed by atoms with Gasteiger partial charge in [-0.15, -0.1) is 0 Å². The first kappa shape index (κ1) is 64.1. The second-order valence-corrected chi connectivity index (χ2v) is 20.0. The van der Waals surface area contributed by atoms with Crippen molar-refractivity contribution in [2.75, 3.05) is 6.61 Å². The van der Waals surface area contributed by atoms with E-state index in [1.165, 1.54) is 205 Å². The fourth-order valence-corrected chi connectivity index (χ4v) is 8.99. The number of allylic oxidation sites excluding steroid dienone is 6. The van der Waals surface area contributed by atoms with E-state index in [0.717, 1.165) is 57.8 Å². The molecule has 0 heterocycles. The predicted molar refractivity (Wildman–Crippen MR) is 287 cm³/mol. The summed E-state index contributed by atoms with van der Waals surface area (Å²) in [7, 11) is 0. The average Bonchev–Trinajstić information content (AvgIpc) is 3.31. The lowest BCUT2D eigenvalue weighted by Gasteiger charge is -2.24. The van der Waals surface area contributed by atoms with Crippen molar-refractivity contribution in [1.82, 2.24) is 5.32 Å². The number of unbranched alkanes of at least 4 members (excludes halogenated alkanes) is 35. The molecule has 0 spiro atoms. The number of esters is 1. The molecule has 0 aliphatic heterocycles. The Balaban J connectivity index is 4.44. The van der Waals surface area contributed by atoms with E-state index in [-0.39, 0.29) is 24.9 Å². The fourth-order valence-electron chi connectivity index (χ4n) is 8.99. The van der Waals surface area contributed by atoms with Crippen molar-refractivity contribution in [2.24, 2.45) is 0 Å².